The summed E-state index contributed by atoms with van der Waals surface area (Å²) in [4.78, 5) is 13.0. The Hall–Kier alpha value is -2.75. The van der Waals surface area contributed by atoms with Gasteiger partial charge in [0.15, 0.2) is 0 Å². The van der Waals surface area contributed by atoms with Gasteiger partial charge >= 0.3 is 0 Å². The van der Waals surface area contributed by atoms with Crippen LogP contribution in [0.15, 0.2) is 59.5 Å². The smallest absolute Gasteiger partial charge is 0.243 e. The molecule has 0 bridgehead atoms. The normalized spacial score (nSPS) is 12.2. The summed E-state index contributed by atoms with van der Waals surface area (Å²) in [5.41, 5.74) is 1.17. The van der Waals surface area contributed by atoms with E-state index < -0.39 is 28.3 Å². The molecule has 3 rings (SSSR count). The van der Waals surface area contributed by atoms with Crippen LogP contribution in [0.1, 0.15) is 46.2 Å². The van der Waals surface area contributed by atoms with E-state index in [9.17, 15) is 17.6 Å². The molecule has 0 atom stereocenters. The number of sulfonamides is 1. The highest BCUT2D eigenvalue weighted by Gasteiger charge is 2.27. The van der Waals surface area contributed by atoms with Gasteiger partial charge in [0.05, 0.1) is 22.8 Å². The van der Waals surface area contributed by atoms with Crippen molar-refractivity contribution in [2.75, 3.05) is 18.4 Å². The number of aromatic nitrogens is 2. The number of carbonyl (C=O) groups excluding carboxylic acids is 1. The van der Waals surface area contributed by atoms with Gasteiger partial charge in [0.2, 0.25) is 15.9 Å². The number of halogens is 2. The Labute approximate surface area is 211 Å². The van der Waals surface area contributed by atoms with Crippen LogP contribution < -0.4 is 5.32 Å². The Bertz CT molecular complexity index is 1270. The van der Waals surface area contributed by atoms with Crippen LogP contribution in [0.3, 0.4) is 0 Å². The number of rotatable bonds is 9. The van der Waals surface area contributed by atoms with Gasteiger partial charge in [-0.3, -0.25) is 4.79 Å². The van der Waals surface area contributed by atoms with E-state index in [-0.39, 0.29) is 16.9 Å². The van der Waals surface area contributed by atoms with Crippen LogP contribution >= 0.6 is 11.6 Å². The lowest BCUT2D eigenvalue weighted by atomic mass is 9.92. The maximum atomic E-state index is 13.3. The summed E-state index contributed by atoms with van der Waals surface area (Å²) in [5.74, 6) is -0.633. The number of carbonyl (C=O) groups is 1. The van der Waals surface area contributed by atoms with Crippen molar-refractivity contribution in [1.82, 2.24) is 14.1 Å². The highest BCUT2D eigenvalue weighted by molar-refractivity contribution is 7.89. The summed E-state index contributed by atoms with van der Waals surface area (Å²) >= 11 is 6.02. The zero-order valence-electron chi connectivity index (χ0n) is 20.3. The minimum atomic E-state index is -3.99. The topological polar surface area (TPSA) is 84.3 Å². The van der Waals surface area contributed by atoms with Gasteiger partial charge in [-0.1, -0.05) is 45.7 Å². The molecule has 35 heavy (non-hydrogen) atoms. The standard InChI is InChI=1S/C25H30ClFN4O3S/c1-5-6-15-30(35(33,34)21-13-9-19(27)10-14-21)17-24(32)28-23-16-22(25(2,3)4)29-31(23)20-11-7-18(26)8-12-20/h7-14,16H,5-6,15,17H2,1-4H3,(H,28,32). The first-order valence-corrected chi connectivity index (χ1v) is 13.2. The van der Waals surface area contributed by atoms with Crippen molar-refractivity contribution in [3.63, 3.8) is 0 Å². The van der Waals surface area contributed by atoms with Crippen LogP contribution in [0, 0.1) is 5.82 Å². The van der Waals surface area contributed by atoms with Gasteiger partial charge in [-0.25, -0.2) is 17.5 Å². The van der Waals surface area contributed by atoms with Gasteiger partial charge in [0, 0.05) is 23.0 Å². The lowest BCUT2D eigenvalue weighted by Gasteiger charge is -2.21. The zero-order valence-corrected chi connectivity index (χ0v) is 21.8. The second-order valence-electron chi connectivity index (χ2n) is 9.25. The summed E-state index contributed by atoms with van der Waals surface area (Å²) in [6.45, 7) is 7.73. The quantitative estimate of drug-likeness (QED) is 0.410. The molecule has 0 aliphatic carbocycles. The van der Waals surface area contributed by atoms with Crippen LogP contribution in [-0.4, -0.2) is 41.5 Å². The molecule has 0 saturated carbocycles. The molecule has 1 amide bonds. The number of amides is 1. The zero-order chi connectivity index (χ0) is 25.8. The number of hydrogen-bond acceptors (Lipinski definition) is 4. The lowest BCUT2D eigenvalue weighted by molar-refractivity contribution is -0.116. The average Bonchev–Trinajstić information content (AvgIpc) is 3.21. The summed E-state index contributed by atoms with van der Waals surface area (Å²) in [6, 6.07) is 13.4. The molecular formula is C25H30ClFN4O3S. The number of nitrogens with zero attached hydrogens (tertiary/aromatic N) is 3. The van der Waals surface area contributed by atoms with Crippen molar-refractivity contribution in [1.29, 1.82) is 0 Å². The van der Waals surface area contributed by atoms with Crippen LogP contribution in [0.4, 0.5) is 10.2 Å². The molecule has 188 valence electrons. The Balaban J connectivity index is 1.90. The second-order valence-corrected chi connectivity index (χ2v) is 11.6. The van der Waals surface area contributed by atoms with Crippen LogP contribution in [-0.2, 0) is 20.2 Å². The molecule has 0 aliphatic heterocycles. The maximum absolute atomic E-state index is 13.3. The van der Waals surface area contributed by atoms with E-state index in [1.807, 2.05) is 27.7 Å². The molecule has 1 N–H and O–H groups in total. The van der Waals surface area contributed by atoms with Crippen molar-refractivity contribution in [3.05, 3.63) is 71.1 Å². The lowest BCUT2D eigenvalue weighted by Crippen LogP contribution is -2.38. The second kappa shape index (κ2) is 10.9. The largest absolute Gasteiger partial charge is 0.309 e. The molecule has 0 unspecified atom stereocenters. The molecular weight excluding hydrogens is 491 g/mol. The van der Waals surface area contributed by atoms with Gasteiger partial charge in [-0.15, -0.1) is 0 Å². The maximum Gasteiger partial charge on any atom is 0.243 e. The molecule has 0 radical (unpaired) electrons. The van der Waals surface area contributed by atoms with E-state index in [2.05, 4.69) is 10.4 Å². The van der Waals surface area contributed by atoms with E-state index in [0.717, 1.165) is 28.6 Å². The average molecular weight is 521 g/mol. The van der Waals surface area contributed by atoms with E-state index in [1.165, 1.54) is 12.1 Å². The van der Waals surface area contributed by atoms with Crippen LogP contribution in [0.2, 0.25) is 5.02 Å². The first kappa shape index (κ1) is 26.8. The Kier molecular flexibility index (Phi) is 8.35. The molecule has 10 heteroatoms. The van der Waals surface area contributed by atoms with Gasteiger partial charge in [-0.2, -0.15) is 9.40 Å². The first-order valence-electron chi connectivity index (χ1n) is 11.3. The van der Waals surface area contributed by atoms with Gasteiger partial charge in [0.25, 0.3) is 0 Å². The summed E-state index contributed by atoms with van der Waals surface area (Å²) in [7, 11) is -3.99. The number of hydrogen-bond donors (Lipinski definition) is 1. The molecule has 0 spiro atoms. The van der Waals surface area contributed by atoms with Crippen molar-refractivity contribution in [2.24, 2.45) is 0 Å². The monoisotopic (exact) mass is 520 g/mol. The summed E-state index contributed by atoms with van der Waals surface area (Å²) in [6.07, 6.45) is 1.32. The molecule has 0 aliphatic rings. The van der Waals surface area contributed by atoms with Crippen molar-refractivity contribution in [3.8, 4) is 5.69 Å². The van der Waals surface area contributed by atoms with Crippen molar-refractivity contribution >= 4 is 33.3 Å². The third kappa shape index (κ3) is 6.68. The Morgan fingerprint density at radius 2 is 1.74 bits per heavy atom. The molecule has 1 aromatic heterocycles. The fourth-order valence-electron chi connectivity index (χ4n) is 3.33. The third-order valence-electron chi connectivity index (χ3n) is 5.35. The minimum Gasteiger partial charge on any atom is -0.309 e. The predicted molar refractivity (Wildman–Crippen MR) is 136 cm³/mol. The van der Waals surface area contributed by atoms with Gasteiger partial charge in [-0.05, 0) is 55.0 Å². The summed E-state index contributed by atoms with van der Waals surface area (Å²) < 4.78 is 42.4. The molecule has 3 aromatic rings. The molecule has 1 heterocycles. The Morgan fingerprint density at radius 1 is 1.11 bits per heavy atom. The molecule has 0 fully saturated rings. The summed E-state index contributed by atoms with van der Waals surface area (Å²) in [5, 5.41) is 8.05. The van der Waals surface area contributed by atoms with Gasteiger partial charge < -0.3 is 5.32 Å². The molecule has 7 nitrogen and oxygen atoms in total. The highest BCUT2D eigenvalue weighted by Crippen LogP contribution is 2.27. The molecule has 2 aromatic carbocycles. The SMILES string of the molecule is CCCCN(CC(=O)Nc1cc(C(C)(C)C)nn1-c1ccc(Cl)cc1)S(=O)(=O)c1ccc(F)cc1. The highest BCUT2D eigenvalue weighted by atomic mass is 35.5. The van der Waals surface area contributed by atoms with Crippen molar-refractivity contribution in [2.45, 2.75) is 50.8 Å². The number of anilines is 1. The van der Waals surface area contributed by atoms with Crippen LogP contribution in [0.25, 0.3) is 5.69 Å². The fourth-order valence-corrected chi connectivity index (χ4v) is 4.89. The number of benzene rings is 2. The van der Waals surface area contributed by atoms with E-state index in [4.69, 9.17) is 11.6 Å². The number of unbranched alkanes of at least 4 members (excludes halogenated alkanes) is 1. The van der Waals surface area contributed by atoms with Crippen LogP contribution in [0.5, 0.6) is 0 Å². The van der Waals surface area contributed by atoms with Crippen molar-refractivity contribution < 1.29 is 17.6 Å². The molecule has 0 saturated heterocycles. The number of nitrogens with one attached hydrogen (secondary N) is 1. The Morgan fingerprint density at radius 3 is 2.31 bits per heavy atom. The predicted octanol–water partition coefficient (Wildman–Crippen LogP) is 5.39. The van der Waals surface area contributed by atoms with E-state index in [0.29, 0.717) is 22.9 Å². The fraction of sp³-hybridized carbons (Fsp3) is 0.360. The van der Waals surface area contributed by atoms with E-state index >= 15 is 0 Å². The van der Waals surface area contributed by atoms with Gasteiger partial charge in [0.1, 0.15) is 11.6 Å². The minimum absolute atomic E-state index is 0.0657. The first-order chi connectivity index (χ1) is 16.4. The van der Waals surface area contributed by atoms with E-state index in [1.54, 1.807) is 35.0 Å². The third-order valence-corrected chi connectivity index (χ3v) is 7.46.